The maximum Gasteiger partial charge on any atom is 0.315 e. The van der Waals surface area contributed by atoms with Crippen LogP contribution in [0.5, 0.6) is 0 Å². The van der Waals surface area contributed by atoms with E-state index in [2.05, 4.69) is 4.74 Å². The van der Waals surface area contributed by atoms with E-state index in [0.29, 0.717) is 0 Å². The number of halogens is 1. The highest BCUT2D eigenvalue weighted by Crippen LogP contribution is 2.00. The van der Waals surface area contributed by atoms with E-state index in [1.54, 1.807) is 0 Å². The molecule has 0 radical (unpaired) electrons. The summed E-state index contributed by atoms with van der Waals surface area (Å²) in [5.74, 6) is -1.72. The van der Waals surface area contributed by atoms with E-state index >= 15 is 0 Å². The van der Waals surface area contributed by atoms with E-state index < -0.39 is 11.9 Å². The molecule has 0 aromatic carbocycles. The highest BCUT2D eigenvalue weighted by Gasteiger charge is 2.20. The number of hydrogen-bond acceptors (Lipinski definition) is 3. The lowest BCUT2D eigenvalue weighted by molar-refractivity contribution is -0.148. The van der Waals surface area contributed by atoms with Crippen LogP contribution in [-0.2, 0) is 14.3 Å². The molecule has 0 spiro atoms. The van der Waals surface area contributed by atoms with Gasteiger partial charge in [-0.15, -0.1) is 11.6 Å². The summed E-state index contributed by atoms with van der Waals surface area (Å²) < 4.78 is 4.32. The van der Waals surface area contributed by atoms with Crippen LogP contribution in [0, 0.1) is 5.92 Å². The third-order valence-electron chi connectivity index (χ3n) is 1.17. The SMILES string of the molecule is COC(=O)C(C)C(=O)CCl. The van der Waals surface area contributed by atoms with Crippen molar-refractivity contribution in [2.24, 2.45) is 5.92 Å². The summed E-state index contributed by atoms with van der Waals surface area (Å²) in [5.41, 5.74) is 0. The molecule has 3 nitrogen and oxygen atoms in total. The predicted molar refractivity (Wildman–Crippen MR) is 36.9 cm³/mol. The molecule has 0 heterocycles. The van der Waals surface area contributed by atoms with Crippen LogP contribution in [0.3, 0.4) is 0 Å². The van der Waals surface area contributed by atoms with Gasteiger partial charge in [0.1, 0.15) is 5.92 Å². The number of rotatable bonds is 3. The number of ketones is 1. The molecule has 0 bridgehead atoms. The van der Waals surface area contributed by atoms with Crippen molar-refractivity contribution in [1.82, 2.24) is 0 Å². The monoisotopic (exact) mass is 164 g/mol. The number of alkyl halides is 1. The number of Topliss-reactive ketones (excluding diaryl/α,β-unsaturated/α-hetero) is 1. The second-order valence-corrected chi connectivity index (χ2v) is 2.11. The molecular weight excluding hydrogens is 156 g/mol. The second-order valence-electron chi connectivity index (χ2n) is 1.84. The molecule has 1 atom stereocenters. The minimum absolute atomic E-state index is 0.143. The number of hydrogen-bond donors (Lipinski definition) is 0. The Hall–Kier alpha value is -0.570. The Bertz CT molecular complexity index is 128. The van der Waals surface area contributed by atoms with Gasteiger partial charge in [0.2, 0.25) is 0 Å². The van der Waals surface area contributed by atoms with Crippen LogP contribution in [-0.4, -0.2) is 24.7 Å². The summed E-state index contributed by atoms with van der Waals surface area (Å²) in [7, 11) is 1.24. The van der Waals surface area contributed by atoms with Crippen LogP contribution in [0.1, 0.15) is 6.92 Å². The van der Waals surface area contributed by atoms with E-state index in [9.17, 15) is 9.59 Å². The minimum atomic E-state index is -0.734. The summed E-state index contributed by atoms with van der Waals surface area (Å²) in [6, 6.07) is 0. The Balaban J connectivity index is 3.94. The maximum absolute atomic E-state index is 10.7. The van der Waals surface area contributed by atoms with Crippen LogP contribution < -0.4 is 0 Å². The zero-order valence-corrected chi connectivity index (χ0v) is 6.64. The summed E-state index contributed by atoms with van der Waals surface area (Å²) >= 11 is 5.19. The Morgan fingerprint density at radius 3 is 2.40 bits per heavy atom. The van der Waals surface area contributed by atoms with Crippen molar-refractivity contribution in [3.05, 3.63) is 0 Å². The Morgan fingerprint density at radius 1 is 1.60 bits per heavy atom. The number of esters is 1. The quantitative estimate of drug-likeness (QED) is 0.349. The molecular formula is C6H9ClO3. The molecule has 0 aliphatic rings. The average Bonchev–Trinajstić information content (AvgIpc) is 2.00. The summed E-state index contributed by atoms with van der Waals surface area (Å²) in [4.78, 5) is 21.3. The second kappa shape index (κ2) is 4.28. The standard InChI is InChI=1S/C6H9ClO3/c1-4(5(8)3-7)6(9)10-2/h4H,3H2,1-2H3. The predicted octanol–water partition coefficient (Wildman–Crippen LogP) is 0.603. The fraction of sp³-hybridized carbons (Fsp3) is 0.667. The zero-order valence-electron chi connectivity index (χ0n) is 5.89. The third-order valence-corrected chi connectivity index (χ3v) is 1.43. The lowest BCUT2D eigenvalue weighted by atomic mass is 10.1. The number of methoxy groups -OCH3 is 1. The summed E-state index contributed by atoms with van der Waals surface area (Å²) in [6.45, 7) is 1.47. The number of carbonyl (C=O) groups is 2. The molecule has 0 aliphatic heterocycles. The van der Waals surface area contributed by atoms with Gasteiger partial charge in [-0.05, 0) is 6.92 Å². The van der Waals surface area contributed by atoms with Crippen molar-refractivity contribution >= 4 is 23.4 Å². The molecule has 4 heteroatoms. The van der Waals surface area contributed by atoms with Crippen LogP contribution in [0.15, 0.2) is 0 Å². The van der Waals surface area contributed by atoms with E-state index in [4.69, 9.17) is 11.6 Å². The molecule has 0 aliphatic carbocycles. The van der Waals surface area contributed by atoms with Crippen molar-refractivity contribution in [2.45, 2.75) is 6.92 Å². The van der Waals surface area contributed by atoms with Crippen molar-refractivity contribution in [3.8, 4) is 0 Å². The van der Waals surface area contributed by atoms with Crippen molar-refractivity contribution in [3.63, 3.8) is 0 Å². The van der Waals surface area contributed by atoms with Crippen LogP contribution >= 0.6 is 11.6 Å². The van der Waals surface area contributed by atoms with Crippen molar-refractivity contribution < 1.29 is 14.3 Å². The van der Waals surface area contributed by atoms with Gasteiger partial charge in [-0.3, -0.25) is 9.59 Å². The van der Waals surface area contributed by atoms with E-state index in [0.717, 1.165) is 0 Å². The largest absolute Gasteiger partial charge is 0.468 e. The highest BCUT2D eigenvalue weighted by molar-refractivity contribution is 6.29. The lowest BCUT2D eigenvalue weighted by Crippen LogP contribution is -2.23. The normalized spacial score (nSPS) is 12.3. The topological polar surface area (TPSA) is 43.4 Å². The first-order valence-corrected chi connectivity index (χ1v) is 3.33. The van der Waals surface area contributed by atoms with E-state index in [1.165, 1.54) is 14.0 Å². The van der Waals surface area contributed by atoms with Gasteiger partial charge in [0.15, 0.2) is 5.78 Å². The Labute approximate surface area is 64.3 Å². The van der Waals surface area contributed by atoms with Gasteiger partial charge >= 0.3 is 5.97 Å². The van der Waals surface area contributed by atoms with Crippen LogP contribution in [0.4, 0.5) is 0 Å². The average molecular weight is 165 g/mol. The van der Waals surface area contributed by atoms with E-state index in [1.807, 2.05) is 0 Å². The molecule has 0 amide bonds. The lowest BCUT2D eigenvalue weighted by Gasteiger charge is -2.03. The van der Waals surface area contributed by atoms with Gasteiger partial charge in [0.25, 0.3) is 0 Å². The Kier molecular flexibility index (Phi) is 4.03. The first-order chi connectivity index (χ1) is 4.63. The number of carbonyl (C=O) groups excluding carboxylic acids is 2. The van der Waals surface area contributed by atoms with Gasteiger partial charge in [0.05, 0.1) is 13.0 Å². The summed E-state index contributed by atoms with van der Waals surface area (Å²) in [6.07, 6.45) is 0. The fourth-order valence-electron chi connectivity index (χ4n) is 0.424. The van der Waals surface area contributed by atoms with Crippen LogP contribution in [0.2, 0.25) is 0 Å². The number of ether oxygens (including phenoxy) is 1. The van der Waals surface area contributed by atoms with Gasteiger partial charge in [-0.2, -0.15) is 0 Å². The molecule has 58 valence electrons. The van der Waals surface area contributed by atoms with Crippen LogP contribution in [0.25, 0.3) is 0 Å². The molecule has 10 heavy (non-hydrogen) atoms. The molecule has 1 unspecified atom stereocenters. The smallest absolute Gasteiger partial charge is 0.315 e. The van der Waals surface area contributed by atoms with E-state index in [-0.39, 0.29) is 11.7 Å². The molecule has 0 saturated heterocycles. The first kappa shape index (κ1) is 9.43. The molecule has 0 fully saturated rings. The van der Waals surface area contributed by atoms with Gasteiger partial charge in [0, 0.05) is 0 Å². The van der Waals surface area contributed by atoms with Crippen molar-refractivity contribution in [2.75, 3.05) is 13.0 Å². The first-order valence-electron chi connectivity index (χ1n) is 2.80. The molecule has 0 saturated carbocycles. The van der Waals surface area contributed by atoms with Gasteiger partial charge in [-0.25, -0.2) is 0 Å². The minimum Gasteiger partial charge on any atom is -0.468 e. The van der Waals surface area contributed by atoms with Gasteiger partial charge in [-0.1, -0.05) is 0 Å². The Morgan fingerprint density at radius 2 is 2.10 bits per heavy atom. The summed E-state index contributed by atoms with van der Waals surface area (Å²) in [5, 5.41) is 0. The molecule has 0 rings (SSSR count). The van der Waals surface area contributed by atoms with Gasteiger partial charge < -0.3 is 4.74 Å². The molecule has 0 N–H and O–H groups in total. The van der Waals surface area contributed by atoms with Crippen molar-refractivity contribution in [1.29, 1.82) is 0 Å². The zero-order chi connectivity index (χ0) is 8.15. The molecule has 0 aromatic rings. The molecule has 0 aromatic heterocycles. The maximum atomic E-state index is 10.7. The fourth-order valence-corrected chi connectivity index (χ4v) is 0.655. The highest BCUT2D eigenvalue weighted by atomic mass is 35.5. The third kappa shape index (κ3) is 2.35.